The maximum Gasteiger partial charge on any atom is 0.150 e. The first-order valence-corrected chi connectivity index (χ1v) is 6.12. The van der Waals surface area contributed by atoms with Crippen molar-refractivity contribution in [1.29, 1.82) is 0 Å². The lowest BCUT2D eigenvalue weighted by Gasteiger charge is -2.17. The molecule has 100 valence electrons. The number of benzene rings is 1. The Morgan fingerprint density at radius 3 is 2.53 bits per heavy atom. The fourth-order valence-electron chi connectivity index (χ4n) is 2.06. The summed E-state index contributed by atoms with van der Waals surface area (Å²) in [7, 11) is 1.81. The molecule has 0 aliphatic carbocycles. The highest BCUT2D eigenvalue weighted by Gasteiger charge is 2.24. The second kappa shape index (κ2) is 4.61. The van der Waals surface area contributed by atoms with Crippen molar-refractivity contribution >= 4 is 6.29 Å². The Hall–Kier alpha value is -1.97. The summed E-state index contributed by atoms with van der Waals surface area (Å²) in [5.41, 5.74) is 2.23. The highest BCUT2D eigenvalue weighted by atomic mass is 19.1. The number of nitrogens with zero attached hydrogens (tertiary/aromatic N) is 2. The van der Waals surface area contributed by atoms with Gasteiger partial charge in [0.25, 0.3) is 0 Å². The highest BCUT2D eigenvalue weighted by molar-refractivity contribution is 5.79. The van der Waals surface area contributed by atoms with Crippen molar-refractivity contribution in [3.8, 4) is 11.1 Å². The Morgan fingerprint density at radius 1 is 1.26 bits per heavy atom. The quantitative estimate of drug-likeness (QED) is 0.776. The summed E-state index contributed by atoms with van der Waals surface area (Å²) in [6.07, 6.45) is 2.50. The van der Waals surface area contributed by atoms with E-state index in [9.17, 15) is 9.18 Å². The predicted octanol–water partition coefficient (Wildman–Crippen LogP) is 3.34. The van der Waals surface area contributed by atoms with Gasteiger partial charge in [0.1, 0.15) is 12.1 Å². The van der Waals surface area contributed by atoms with Crippen LogP contribution >= 0.6 is 0 Å². The molecule has 3 nitrogen and oxygen atoms in total. The third kappa shape index (κ3) is 2.57. The third-order valence-electron chi connectivity index (χ3n) is 2.96. The number of rotatable bonds is 2. The van der Waals surface area contributed by atoms with Crippen molar-refractivity contribution in [3.05, 3.63) is 41.5 Å². The maximum absolute atomic E-state index is 14.0. The lowest BCUT2D eigenvalue weighted by molar-refractivity contribution is 0.112. The van der Waals surface area contributed by atoms with Crippen molar-refractivity contribution < 1.29 is 9.18 Å². The van der Waals surface area contributed by atoms with Crippen molar-refractivity contribution in [3.63, 3.8) is 0 Å². The molecule has 2 rings (SSSR count). The molecule has 1 aromatic heterocycles. The molecule has 0 amide bonds. The first-order chi connectivity index (χ1) is 8.82. The minimum atomic E-state index is -0.343. The molecule has 0 N–H and O–H groups in total. The van der Waals surface area contributed by atoms with Gasteiger partial charge in [0.05, 0.1) is 5.69 Å². The second-order valence-electron chi connectivity index (χ2n) is 5.67. The van der Waals surface area contributed by atoms with Gasteiger partial charge in [0.15, 0.2) is 0 Å². The van der Waals surface area contributed by atoms with Gasteiger partial charge in [-0.3, -0.25) is 9.48 Å². The Labute approximate surface area is 112 Å². The summed E-state index contributed by atoms with van der Waals surface area (Å²) in [4.78, 5) is 10.8. The fraction of sp³-hybridized carbons (Fsp3) is 0.333. The SMILES string of the molecule is Cn1cc(-c2cc(C=O)ccc2F)c(C(C)(C)C)n1. The summed E-state index contributed by atoms with van der Waals surface area (Å²) in [5.74, 6) is -0.343. The molecule has 2 aromatic rings. The van der Waals surface area contributed by atoms with Crippen LogP contribution in [0.15, 0.2) is 24.4 Å². The molecule has 0 spiro atoms. The standard InChI is InChI=1S/C15H17FN2O/c1-15(2,3)14-12(8-18(4)17-14)11-7-10(9-19)5-6-13(11)16/h5-9H,1-4H3. The topological polar surface area (TPSA) is 34.9 Å². The van der Waals surface area contributed by atoms with E-state index < -0.39 is 0 Å². The Morgan fingerprint density at radius 2 is 1.95 bits per heavy atom. The van der Waals surface area contributed by atoms with Crippen LogP contribution in [0.5, 0.6) is 0 Å². The Bertz CT molecular complexity index is 624. The number of hydrogen-bond acceptors (Lipinski definition) is 2. The van der Waals surface area contributed by atoms with Gasteiger partial charge in [-0.15, -0.1) is 0 Å². The van der Waals surface area contributed by atoms with Gasteiger partial charge in [-0.05, 0) is 18.2 Å². The van der Waals surface area contributed by atoms with Gasteiger partial charge in [-0.25, -0.2) is 4.39 Å². The summed E-state index contributed by atoms with van der Waals surface area (Å²) in [5, 5.41) is 4.42. The van der Waals surface area contributed by atoms with E-state index >= 15 is 0 Å². The van der Waals surface area contributed by atoms with Gasteiger partial charge < -0.3 is 0 Å². The smallest absolute Gasteiger partial charge is 0.150 e. The van der Waals surface area contributed by atoms with E-state index in [0.717, 1.165) is 17.5 Å². The molecule has 0 fully saturated rings. The van der Waals surface area contributed by atoms with Gasteiger partial charge in [0, 0.05) is 35.3 Å². The highest BCUT2D eigenvalue weighted by Crippen LogP contribution is 2.33. The molecule has 0 aliphatic heterocycles. The molecule has 0 saturated heterocycles. The molecule has 19 heavy (non-hydrogen) atoms. The molecule has 0 saturated carbocycles. The van der Waals surface area contributed by atoms with E-state index in [4.69, 9.17) is 0 Å². The number of carbonyl (C=O) groups is 1. The minimum Gasteiger partial charge on any atom is -0.298 e. The molecule has 0 unspecified atom stereocenters. The minimum absolute atomic E-state index is 0.194. The second-order valence-corrected chi connectivity index (χ2v) is 5.67. The first kappa shape index (κ1) is 13.5. The van der Waals surface area contributed by atoms with Crippen LogP contribution in [0, 0.1) is 5.82 Å². The van der Waals surface area contributed by atoms with E-state index in [1.165, 1.54) is 12.1 Å². The van der Waals surface area contributed by atoms with Crippen LogP contribution < -0.4 is 0 Å². The van der Waals surface area contributed by atoms with Gasteiger partial charge in [-0.1, -0.05) is 20.8 Å². The Kier molecular flexibility index (Phi) is 3.27. The van der Waals surface area contributed by atoms with Crippen LogP contribution in [0.25, 0.3) is 11.1 Å². The Balaban J connectivity index is 2.68. The molecule has 1 heterocycles. The molecule has 0 bridgehead atoms. The lowest BCUT2D eigenvalue weighted by Crippen LogP contribution is -2.14. The molecule has 0 atom stereocenters. The molecule has 0 radical (unpaired) electrons. The zero-order valence-electron chi connectivity index (χ0n) is 11.6. The number of carbonyl (C=O) groups excluding carboxylic acids is 1. The average molecular weight is 260 g/mol. The van der Waals surface area contributed by atoms with Crippen LogP contribution in [-0.4, -0.2) is 16.1 Å². The van der Waals surface area contributed by atoms with E-state index in [1.54, 1.807) is 24.0 Å². The van der Waals surface area contributed by atoms with Crippen molar-refractivity contribution in [2.45, 2.75) is 26.2 Å². The predicted molar refractivity (Wildman–Crippen MR) is 72.7 cm³/mol. The zero-order chi connectivity index (χ0) is 14.2. The maximum atomic E-state index is 14.0. The van der Waals surface area contributed by atoms with E-state index in [0.29, 0.717) is 11.1 Å². The van der Waals surface area contributed by atoms with Crippen LogP contribution in [0.4, 0.5) is 4.39 Å². The molecule has 1 aromatic carbocycles. The zero-order valence-corrected chi connectivity index (χ0v) is 11.6. The van der Waals surface area contributed by atoms with Crippen LogP contribution in [0.2, 0.25) is 0 Å². The number of aromatic nitrogens is 2. The van der Waals surface area contributed by atoms with Crippen molar-refractivity contribution in [1.82, 2.24) is 9.78 Å². The van der Waals surface area contributed by atoms with E-state index in [1.807, 2.05) is 20.8 Å². The third-order valence-corrected chi connectivity index (χ3v) is 2.96. The van der Waals surface area contributed by atoms with Gasteiger partial charge in [-0.2, -0.15) is 5.10 Å². The molecule has 0 aliphatic rings. The van der Waals surface area contributed by atoms with Crippen LogP contribution in [0.3, 0.4) is 0 Å². The number of aldehydes is 1. The number of aryl methyl sites for hydroxylation is 1. The summed E-state index contributed by atoms with van der Waals surface area (Å²) in [6.45, 7) is 6.08. The van der Waals surface area contributed by atoms with Crippen molar-refractivity contribution in [2.24, 2.45) is 7.05 Å². The van der Waals surface area contributed by atoms with E-state index in [2.05, 4.69) is 5.10 Å². The van der Waals surface area contributed by atoms with Crippen molar-refractivity contribution in [2.75, 3.05) is 0 Å². The molecular formula is C15H17FN2O. The summed E-state index contributed by atoms with van der Waals surface area (Å²) in [6, 6.07) is 4.35. The van der Waals surface area contributed by atoms with Gasteiger partial charge in [0.2, 0.25) is 0 Å². The van der Waals surface area contributed by atoms with Gasteiger partial charge >= 0.3 is 0 Å². The molecule has 4 heteroatoms. The van der Waals surface area contributed by atoms with Crippen LogP contribution in [-0.2, 0) is 12.5 Å². The largest absolute Gasteiger partial charge is 0.298 e. The monoisotopic (exact) mass is 260 g/mol. The summed E-state index contributed by atoms with van der Waals surface area (Å²) >= 11 is 0. The average Bonchev–Trinajstić information content (AvgIpc) is 2.72. The van der Waals surface area contributed by atoms with E-state index in [-0.39, 0.29) is 11.2 Å². The summed E-state index contributed by atoms with van der Waals surface area (Å²) < 4.78 is 15.7. The fourth-order valence-corrected chi connectivity index (χ4v) is 2.06. The molecular weight excluding hydrogens is 243 g/mol. The first-order valence-electron chi connectivity index (χ1n) is 6.12. The normalized spacial score (nSPS) is 11.6. The number of halogens is 1. The lowest BCUT2D eigenvalue weighted by atomic mass is 9.87. The number of hydrogen-bond donors (Lipinski definition) is 0. The van der Waals surface area contributed by atoms with Crippen LogP contribution in [0.1, 0.15) is 36.8 Å².